The molecule has 1 N–H and O–H groups in total. The maximum atomic E-state index is 12.7. The summed E-state index contributed by atoms with van der Waals surface area (Å²) in [5.41, 5.74) is 0.200. The van der Waals surface area contributed by atoms with E-state index >= 15 is 0 Å². The number of hydrogen-bond acceptors (Lipinski definition) is 5. The van der Waals surface area contributed by atoms with Gasteiger partial charge in [-0.2, -0.15) is 13.2 Å². The van der Waals surface area contributed by atoms with Crippen LogP contribution in [0.3, 0.4) is 0 Å². The van der Waals surface area contributed by atoms with E-state index in [1.807, 2.05) is 36.1 Å². The number of ether oxygens (including phenoxy) is 2. The number of carbonyl (C=O) groups is 2. The van der Waals surface area contributed by atoms with Gasteiger partial charge in [0, 0.05) is 30.3 Å². The van der Waals surface area contributed by atoms with Gasteiger partial charge in [-0.15, -0.1) is 0 Å². The maximum Gasteiger partial charge on any atom is 0.416 e. The Bertz CT molecular complexity index is 947. The Morgan fingerprint density at radius 2 is 1.81 bits per heavy atom. The largest absolute Gasteiger partial charge is 0.494 e. The molecule has 1 heterocycles. The lowest BCUT2D eigenvalue weighted by molar-refractivity contribution is -0.146. The molecule has 1 amide bonds. The topological polar surface area (TPSA) is 67.9 Å². The molecule has 6 nitrogen and oxygen atoms in total. The molecule has 0 aliphatic carbocycles. The van der Waals surface area contributed by atoms with E-state index in [4.69, 9.17) is 9.47 Å². The normalized spacial score (nSPS) is 18.9. The highest BCUT2D eigenvalue weighted by Crippen LogP contribution is 2.29. The van der Waals surface area contributed by atoms with E-state index in [1.165, 1.54) is 7.11 Å². The van der Waals surface area contributed by atoms with Gasteiger partial charge in [0.25, 0.3) is 5.91 Å². The Hall–Kier alpha value is -3.07. The van der Waals surface area contributed by atoms with E-state index in [2.05, 4.69) is 5.32 Å². The first-order chi connectivity index (χ1) is 15.2. The fourth-order valence-corrected chi connectivity index (χ4v) is 3.79. The summed E-state index contributed by atoms with van der Waals surface area (Å²) in [7, 11) is 1.31. The minimum Gasteiger partial charge on any atom is -0.494 e. The van der Waals surface area contributed by atoms with Gasteiger partial charge in [0.2, 0.25) is 0 Å². The van der Waals surface area contributed by atoms with Crippen LogP contribution < -0.4 is 10.1 Å². The fourth-order valence-electron chi connectivity index (χ4n) is 3.79. The predicted octanol–water partition coefficient (Wildman–Crippen LogP) is 3.65. The molecular formula is C23H25F3N2O4. The average molecular weight is 450 g/mol. The van der Waals surface area contributed by atoms with Crippen molar-refractivity contribution >= 4 is 11.9 Å². The zero-order chi connectivity index (χ0) is 23.3. The second-order valence-electron chi connectivity index (χ2n) is 7.49. The lowest BCUT2D eigenvalue weighted by Gasteiger charge is -2.23. The summed E-state index contributed by atoms with van der Waals surface area (Å²) in [6, 6.07) is 10.6. The zero-order valence-corrected chi connectivity index (χ0v) is 17.8. The minimum atomic E-state index is -4.47. The van der Waals surface area contributed by atoms with Crippen LogP contribution in [0.5, 0.6) is 5.75 Å². The number of benzene rings is 2. The van der Waals surface area contributed by atoms with Crippen molar-refractivity contribution in [1.82, 2.24) is 10.2 Å². The quantitative estimate of drug-likeness (QED) is 0.653. The van der Waals surface area contributed by atoms with Gasteiger partial charge in [-0.1, -0.05) is 18.2 Å². The molecule has 9 heteroatoms. The highest BCUT2D eigenvalue weighted by molar-refractivity contribution is 5.94. The summed E-state index contributed by atoms with van der Waals surface area (Å²) in [4.78, 5) is 26.8. The summed E-state index contributed by atoms with van der Waals surface area (Å²) < 4.78 is 48.8. The second-order valence-corrected chi connectivity index (χ2v) is 7.49. The molecule has 0 spiro atoms. The number of nitrogens with one attached hydrogen (secondary N) is 1. The van der Waals surface area contributed by atoms with Crippen LogP contribution in [0.15, 0.2) is 48.5 Å². The number of nitrogens with zero attached hydrogens (tertiary/aromatic N) is 1. The number of hydrogen-bond donors (Lipinski definition) is 1. The monoisotopic (exact) mass is 450 g/mol. The van der Waals surface area contributed by atoms with Gasteiger partial charge in [0.05, 0.1) is 19.3 Å². The third kappa shape index (κ3) is 5.59. The van der Waals surface area contributed by atoms with Crippen LogP contribution in [-0.2, 0) is 22.3 Å². The van der Waals surface area contributed by atoms with Gasteiger partial charge in [0.1, 0.15) is 11.8 Å². The number of methoxy groups -OCH3 is 1. The molecule has 2 aromatic carbocycles. The van der Waals surface area contributed by atoms with Crippen molar-refractivity contribution in [3.8, 4) is 5.75 Å². The van der Waals surface area contributed by atoms with Crippen molar-refractivity contribution in [3.63, 3.8) is 0 Å². The van der Waals surface area contributed by atoms with Crippen LogP contribution in [0.25, 0.3) is 0 Å². The average Bonchev–Trinajstić information content (AvgIpc) is 3.16. The predicted molar refractivity (Wildman–Crippen MR) is 111 cm³/mol. The number of likely N-dealkylation sites (tertiary alicyclic amines) is 1. The van der Waals surface area contributed by atoms with Crippen molar-refractivity contribution in [2.45, 2.75) is 38.1 Å². The van der Waals surface area contributed by atoms with Crippen molar-refractivity contribution in [2.75, 3.05) is 20.3 Å². The summed E-state index contributed by atoms with van der Waals surface area (Å²) in [6.45, 7) is 3.19. The third-order valence-corrected chi connectivity index (χ3v) is 5.33. The van der Waals surface area contributed by atoms with Gasteiger partial charge in [-0.3, -0.25) is 14.5 Å². The molecule has 172 valence electrons. The zero-order valence-electron chi connectivity index (χ0n) is 17.8. The van der Waals surface area contributed by atoms with E-state index < -0.39 is 29.7 Å². The molecule has 0 unspecified atom stereocenters. The Kier molecular flexibility index (Phi) is 7.40. The van der Waals surface area contributed by atoms with Crippen LogP contribution in [0.1, 0.15) is 34.8 Å². The number of carbonyl (C=O) groups excluding carboxylic acids is 2. The van der Waals surface area contributed by atoms with Gasteiger partial charge < -0.3 is 14.8 Å². The Morgan fingerprint density at radius 1 is 1.12 bits per heavy atom. The van der Waals surface area contributed by atoms with Gasteiger partial charge in [-0.05, 0) is 43.7 Å². The van der Waals surface area contributed by atoms with E-state index in [0.717, 1.165) is 35.6 Å². The Labute approximate surface area is 184 Å². The van der Waals surface area contributed by atoms with Gasteiger partial charge in [-0.25, -0.2) is 0 Å². The molecule has 1 fully saturated rings. The number of amides is 1. The number of alkyl halides is 3. The number of esters is 1. The summed E-state index contributed by atoms with van der Waals surface area (Å²) >= 11 is 0. The summed E-state index contributed by atoms with van der Waals surface area (Å²) in [5, 5.41) is 2.82. The molecule has 32 heavy (non-hydrogen) atoms. The third-order valence-electron chi connectivity index (χ3n) is 5.33. The molecule has 2 atom stereocenters. The first-order valence-corrected chi connectivity index (χ1v) is 10.2. The van der Waals surface area contributed by atoms with E-state index in [1.54, 1.807) is 0 Å². The maximum absolute atomic E-state index is 12.7. The molecule has 0 radical (unpaired) electrons. The smallest absolute Gasteiger partial charge is 0.416 e. The van der Waals surface area contributed by atoms with Crippen LogP contribution >= 0.6 is 0 Å². The van der Waals surface area contributed by atoms with Crippen molar-refractivity contribution < 1.29 is 32.2 Å². The number of rotatable bonds is 7. The molecule has 0 bridgehead atoms. The van der Waals surface area contributed by atoms with Gasteiger partial charge in [0.15, 0.2) is 0 Å². The lowest BCUT2D eigenvalue weighted by Crippen LogP contribution is -2.37. The van der Waals surface area contributed by atoms with Crippen LogP contribution in [0.2, 0.25) is 0 Å². The Balaban J connectivity index is 1.71. The molecule has 1 saturated heterocycles. The highest BCUT2D eigenvalue weighted by atomic mass is 19.4. The van der Waals surface area contributed by atoms with Crippen LogP contribution in [-0.4, -0.2) is 49.1 Å². The van der Waals surface area contributed by atoms with Crippen molar-refractivity contribution in [2.24, 2.45) is 0 Å². The van der Waals surface area contributed by atoms with E-state index in [-0.39, 0.29) is 11.6 Å². The molecule has 0 saturated carbocycles. The first kappa shape index (κ1) is 23.6. The lowest BCUT2D eigenvalue weighted by atomic mass is 10.1. The van der Waals surface area contributed by atoms with Gasteiger partial charge >= 0.3 is 12.1 Å². The van der Waals surface area contributed by atoms with Crippen molar-refractivity contribution in [3.05, 3.63) is 65.2 Å². The van der Waals surface area contributed by atoms with E-state index in [9.17, 15) is 22.8 Å². The molecule has 2 aromatic rings. The Morgan fingerprint density at radius 3 is 2.44 bits per heavy atom. The second kappa shape index (κ2) is 10.0. The number of para-hydroxylation sites is 1. The number of halogens is 3. The minimum absolute atomic E-state index is 0.118. The molecule has 1 aliphatic rings. The molecule has 3 rings (SSSR count). The summed E-state index contributed by atoms with van der Waals surface area (Å²) in [6.07, 6.45) is -4.14. The molecular weight excluding hydrogens is 425 g/mol. The summed E-state index contributed by atoms with van der Waals surface area (Å²) in [5.74, 6) is -0.190. The molecule has 0 aromatic heterocycles. The molecule has 1 aliphatic heterocycles. The fraction of sp³-hybridized carbons (Fsp3) is 0.391. The van der Waals surface area contributed by atoms with Crippen LogP contribution in [0, 0.1) is 0 Å². The van der Waals surface area contributed by atoms with Crippen LogP contribution in [0.4, 0.5) is 13.2 Å². The van der Waals surface area contributed by atoms with E-state index in [0.29, 0.717) is 26.1 Å². The first-order valence-electron chi connectivity index (χ1n) is 10.2. The van der Waals surface area contributed by atoms with Crippen molar-refractivity contribution in [1.29, 1.82) is 0 Å². The standard InChI is InChI=1S/C23H25F3N2O4/c1-3-32-20-7-5-4-6-16(20)13-28-14-18(12-19(28)22(30)31-2)27-21(29)15-8-10-17(11-9-15)23(24,25)26/h4-11,18-19H,3,12-14H2,1-2H3,(H,27,29)/t18-,19+/m1/s1. The highest BCUT2D eigenvalue weighted by Gasteiger charge is 2.38. The SMILES string of the molecule is CCOc1ccccc1CN1C[C@H](NC(=O)c2ccc(C(F)(F)F)cc2)C[C@H]1C(=O)OC.